The van der Waals surface area contributed by atoms with E-state index >= 15 is 0 Å². The Morgan fingerprint density at radius 1 is 1.22 bits per heavy atom. The van der Waals surface area contributed by atoms with Gasteiger partial charge in [0.1, 0.15) is 0 Å². The molecular formula is C13H13N5. The summed E-state index contributed by atoms with van der Waals surface area (Å²) in [5, 5.41) is 4.39. The van der Waals surface area contributed by atoms with Crippen molar-refractivity contribution in [3.05, 3.63) is 31.0 Å². The van der Waals surface area contributed by atoms with Crippen LogP contribution in [0.1, 0.15) is 18.9 Å². The third kappa shape index (κ3) is 1.44. The van der Waals surface area contributed by atoms with Crippen molar-refractivity contribution in [1.82, 2.24) is 24.3 Å². The van der Waals surface area contributed by atoms with Crippen LogP contribution in [-0.4, -0.2) is 24.3 Å². The molecule has 1 aliphatic carbocycles. The van der Waals surface area contributed by atoms with E-state index in [1.54, 1.807) is 0 Å². The second-order valence-electron chi connectivity index (χ2n) is 4.85. The molecule has 0 atom stereocenters. The lowest BCUT2D eigenvalue weighted by molar-refractivity contribution is 0.642. The van der Waals surface area contributed by atoms with E-state index in [9.17, 15) is 0 Å². The van der Waals surface area contributed by atoms with Gasteiger partial charge in [0, 0.05) is 18.8 Å². The second-order valence-corrected chi connectivity index (χ2v) is 4.85. The molecule has 0 amide bonds. The predicted octanol–water partition coefficient (Wildman–Crippen LogP) is 2.17. The monoisotopic (exact) mass is 239 g/mol. The minimum atomic E-state index is 0.609. The van der Waals surface area contributed by atoms with Crippen LogP contribution in [0.2, 0.25) is 0 Å². The van der Waals surface area contributed by atoms with Gasteiger partial charge in [-0.05, 0) is 18.9 Å². The van der Waals surface area contributed by atoms with Crippen molar-refractivity contribution in [3.8, 4) is 11.3 Å². The Morgan fingerprint density at radius 2 is 2.11 bits per heavy atom. The molecule has 90 valence electrons. The van der Waals surface area contributed by atoms with Crippen LogP contribution in [0.25, 0.3) is 22.3 Å². The van der Waals surface area contributed by atoms with E-state index in [1.165, 1.54) is 12.8 Å². The lowest BCUT2D eigenvalue weighted by Gasteiger charge is -1.98. The summed E-state index contributed by atoms with van der Waals surface area (Å²) in [5.41, 5.74) is 4.03. The van der Waals surface area contributed by atoms with Gasteiger partial charge in [0.2, 0.25) is 0 Å². The van der Waals surface area contributed by atoms with E-state index < -0.39 is 0 Å². The highest BCUT2D eigenvalue weighted by Gasteiger charge is 2.24. The highest BCUT2D eigenvalue weighted by molar-refractivity contribution is 5.78. The van der Waals surface area contributed by atoms with Gasteiger partial charge in [0.25, 0.3) is 0 Å². The lowest BCUT2D eigenvalue weighted by atomic mass is 10.2. The highest BCUT2D eigenvalue weighted by atomic mass is 15.3. The summed E-state index contributed by atoms with van der Waals surface area (Å²) in [7, 11) is 1.97. The topological polar surface area (TPSA) is 48.5 Å². The van der Waals surface area contributed by atoms with E-state index in [4.69, 9.17) is 0 Å². The van der Waals surface area contributed by atoms with Gasteiger partial charge >= 0.3 is 0 Å². The molecular weight excluding hydrogens is 226 g/mol. The van der Waals surface area contributed by atoms with Crippen molar-refractivity contribution < 1.29 is 0 Å². The summed E-state index contributed by atoms with van der Waals surface area (Å²) in [6.07, 6.45) is 10.1. The van der Waals surface area contributed by atoms with Crippen LogP contribution in [0.5, 0.6) is 0 Å². The molecule has 18 heavy (non-hydrogen) atoms. The smallest absolute Gasteiger partial charge is 0.0956 e. The Bertz CT molecular complexity index is 720. The summed E-state index contributed by atoms with van der Waals surface area (Å²) in [4.78, 5) is 8.84. The first-order chi connectivity index (χ1) is 8.81. The largest absolute Gasteiger partial charge is 0.332 e. The fourth-order valence-electron chi connectivity index (χ4n) is 2.19. The Labute approximate surface area is 104 Å². The number of hydrogen-bond acceptors (Lipinski definition) is 3. The number of aryl methyl sites for hydroxylation is 1. The quantitative estimate of drug-likeness (QED) is 0.688. The maximum absolute atomic E-state index is 4.49. The molecule has 0 bridgehead atoms. The summed E-state index contributed by atoms with van der Waals surface area (Å²) >= 11 is 0. The number of nitrogens with zero attached hydrogens (tertiary/aromatic N) is 5. The molecule has 4 rings (SSSR count). The van der Waals surface area contributed by atoms with Gasteiger partial charge in [0.15, 0.2) is 0 Å². The molecule has 1 saturated carbocycles. The molecule has 0 radical (unpaired) electrons. The van der Waals surface area contributed by atoms with Crippen molar-refractivity contribution in [3.63, 3.8) is 0 Å². The predicted molar refractivity (Wildman–Crippen MR) is 68.0 cm³/mol. The van der Waals surface area contributed by atoms with Crippen LogP contribution in [-0.2, 0) is 7.05 Å². The highest BCUT2D eigenvalue weighted by Crippen LogP contribution is 2.35. The lowest BCUT2D eigenvalue weighted by Crippen LogP contribution is -1.92. The van der Waals surface area contributed by atoms with Gasteiger partial charge < -0.3 is 4.57 Å². The SMILES string of the molecule is Cn1cnc2cc(-c3cnn(C4CC4)c3)ncc21. The number of pyridine rings is 1. The van der Waals surface area contributed by atoms with Crippen molar-refractivity contribution in [2.75, 3.05) is 0 Å². The van der Waals surface area contributed by atoms with Crippen LogP contribution >= 0.6 is 0 Å². The number of imidazole rings is 1. The first-order valence-electron chi connectivity index (χ1n) is 6.13. The Morgan fingerprint density at radius 3 is 2.94 bits per heavy atom. The molecule has 0 spiro atoms. The van der Waals surface area contributed by atoms with E-state index in [2.05, 4.69) is 21.3 Å². The third-order valence-corrected chi connectivity index (χ3v) is 3.43. The van der Waals surface area contributed by atoms with Crippen LogP contribution in [0.3, 0.4) is 0 Å². The van der Waals surface area contributed by atoms with Gasteiger partial charge in [-0.15, -0.1) is 0 Å². The molecule has 1 aliphatic rings. The average Bonchev–Trinajstić information content (AvgIpc) is 3.01. The van der Waals surface area contributed by atoms with Crippen molar-refractivity contribution >= 4 is 11.0 Å². The first kappa shape index (κ1) is 9.82. The van der Waals surface area contributed by atoms with E-state index in [1.807, 2.05) is 41.1 Å². The van der Waals surface area contributed by atoms with Gasteiger partial charge in [-0.2, -0.15) is 5.10 Å². The fraction of sp³-hybridized carbons (Fsp3) is 0.308. The summed E-state index contributed by atoms with van der Waals surface area (Å²) in [6.45, 7) is 0. The minimum absolute atomic E-state index is 0.609. The van der Waals surface area contributed by atoms with Gasteiger partial charge in [-0.3, -0.25) is 9.67 Å². The number of hydrogen-bond donors (Lipinski definition) is 0. The van der Waals surface area contributed by atoms with E-state index in [0.717, 1.165) is 22.3 Å². The molecule has 0 unspecified atom stereocenters. The van der Waals surface area contributed by atoms with Crippen molar-refractivity contribution in [1.29, 1.82) is 0 Å². The molecule has 3 aromatic rings. The Balaban J connectivity index is 1.80. The maximum atomic E-state index is 4.49. The number of rotatable bonds is 2. The van der Waals surface area contributed by atoms with Crippen LogP contribution < -0.4 is 0 Å². The molecule has 1 fully saturated rings. The third-order valence-electron chi connectivity index (χ3n) is 3.43. The number of aromatic nitrogens is 5. The average molecular weight is 239 g/mol. The van der Waals surface area contributed by atoms with Crippen LogP contribution in [0, 0.1) is 0 Å². The standard InChI is InChI=1S/C13H13N5/c1-17-8-15-12-4-11(14-6-13(12)17)9-5-16-18(7-9)10-2-3-10/h4-8,10H,2-3H2,1H3. The van der Waals surface area contributed by atoms with E-state index in [0.29, 0.717) is 6.04 Å². The second kappa shape index (κ2) is 3.41. The zero-order valence-corrected chi connectivity index (χ0v) is 10.1. The molecule has 0 aliphatic heterocycles. The summed E-state index contributed by atoms with van der Waals surface area (Å²) in [5.74, 6) is 0. The van der Waals surface area contributed by atoms with Crippen molar-refractivity contribution in [2.45, 2.75) is 18.9 Å². The summed E-state index contributed by atoms with van der Waals surface area (Å²) in [6, 6.07) is 2.63. The molecule has 5 heteroatoms. The molecule has 0 N–H and O–H groups in total. The molecule has 0 aromatic carbocycles. The zero-order chi connectivity index (χ0) is 12.1. The van der Waals surface area contributed by atoms with Gasteiger partial charge in [-0.1, -0.05) is 0 Å². The van der Waals surface area contributed by atoms with E-state index in [-0.39, 0.29) is 0 Å². The minimum Gasteiger partial charge on any atom is -0.332 e. The summed E-state index contributed by atoms with van der Waals surface area (Å²) < 4.78 is 4.01. The molecule has 3 aromatic heterocycles. The fourth-order valence-corrected chi connectivity index (χ4v) is 2.19. The molecule has 5 nitrogen and oxygen atoms in total. The molecule has 0 saturated heterocycles. The normalized spacial score (nSPS) is 15.4. The number of fused-ring (bicyclic) bond motifs is 1. The maximum Gasteiger partial charge on any atom is 0.0956 e. The Hall–Kier alpha value is -2.17. The van der Waals surface area contributed by atoms with Crippen LogP contribution in [0.15, 0.2) is 31.0 Å². The zero-order valence-electron chi connectivity index (χ0n) is 10.1. The first-order valence-corrected chi connectivity index (χ1v) is 6.13. The molecule has 3 heterocycles. The Kier molecular flexibility index (Phi) is 1.86. The van der Waals surface area contributed by atoms with Gasteiger partial charge in [-0.25, -0.2) is 4.98 Å². The van der Waals surface area contributed by atoms with Crippen LogP contribution in [0.4, 0.5) is 0 Å². The van der Waals surface area contributed by atoms with Crippen molar-refractivity contribution in [2.24, 2.45) is 7.05 Å². The van der Waals surface area contributed by atoms with Gasteiger partial charge in [0.05, 0.1) is 41.5 Å².